The summed E-state index contributed by atoms with van der Waals surface area (Å²) in [7, 11) is 0. The van der Waals surface area contributed by atoms with Crippen LogP contribution < -0.4 is 10.5 Å². The lowest BCUT2D eigenvalue weighted by Gasteiger charge is -2.17. The molecule has 1 rings (SSSR count). The van der Waals surface area contributed by atoms with Crippen molar-refractivity contribution in [3.63, 3.8) is 0 Å². The molecule has 5 heteroatoms. The van der Waals surface area contributed by atoms with Crippen LogP contribution in [0.3, 0.4) is 0 Å². The van der Waals surface area contributed by atoms with Crippen LogP contribution in [-0.4, -0.2) is 6.36 Å². The van der Waals surface area contributed by atoms with Crippen molar-refractivity contribution in [2.45, 2.75) is 25.7 Å². The van der Waals surface area contributed by atoms with Crippen molar-refractivity contribution >= 4 is 0 Å². The van der Waals surface area contributed by atoms with Crippen LogP contribution in [0.2, 0.25) is 0 Å². The number of para-hydroxylation sites is 1. The number of nitrogens with two attached hydrogens (primary N) is 1. The van der Waals surface area contributed by atoms with Gasteiger partial charge in [0.25, 0.3) is 0 Å². The van der Waals surface area contributed by atoms with E-state index in [-0.39, 0.29) is 5.75 Å². The van der Waals surface area contributed by atoms with Gasteiger partial charge in [0.05, 0.1) is 0 Å². The molecule has 94 valence electrons. The summed E-state index contributed by atoms with van der Waals surface area (Å²) in [5.41, 5.74) is 6.94. The van der Waals surface area contributed by atoms with Crippen LogP contribution in [0.4, 0.5) is 13.2 Å². The van der Waals surface area contributed by atoms with Crippen molar-refractivity contribution in [3.8, 4) is 5.75 Å². The summed E-state index contributed by atoms with van der Waals surface area (Å²) in [4.78, 5) is 0. The van der Waals surface area contributed by atoms with E-state index in [2.05, 4.69) is 11.3 Å². The largest absolute Gasteiger partial charge is 0.573 e. The first-order chi connectivity index (χ1) is 7.79. The maximum atomic E-state index is 12.2. The molecule has 0 bridgehead atoms. The van der Waals surface area contributed by atoms with Crippen LogP contribution in [0.1, 0.15) is 24.9 Å². The average Bonchev–Trinajstić information content (AvgIpc) is 2.14. The highest BCUT2D eigenvalue weighted by Crippen LogP contribution is 2.31. The Morgan fingerprint density at radius 2 is 2.00 bits per heavy atom. The van der Waals surface area contributed by atoms with Gasteiger partial charge in [0.15, 0.2) is 0 Å². The SMILES string of the molecule is C=C(C)C[C@H](N)c1ccccc1OC(F)(F)F. The second-order valence-electron chi connectivity index (χ2n) is 3.85. The molecule has 0 aliphatic rings. The number of halogens is 3. The van der Waals surface area contributed by atoms with Gasteiger partial charge in [-0.15, -0.1) is 19.8 Å². The molecule has 0 heterocycles. The Bertz CT molecular complexity index is 401. The molecule has 0 aliphatic carbocycles. The van der Waals surface area contributed by atoms with Gasteiger partial charge in [-0.1, -0.05) is 23.8 Å². The summed E-state index contributed by atoms with van der Waals surface area (Å²) in [6.07, 6.45) is -4.29. The molecule has 2 nitrogen and oxygen atoms in total. The molecule has 0 aromatic heterocycles. The minimum Gasteiger partial charge on any atom is -0.405 e. The van der Waals surface area contributed by atoms with Crippen molar-refractivity contribution in [2.75, 3.05) is 0 Å². The summed E-state index contributed by atoms with van der Waals surface area (Å²) in [6, 6.07) is 5.32. The van der Waals surface area contributed by atoms with E-state index in [1.807, 2.05) is 0 Å². The topological polar surface area (TPSA) is 35.2 Å². The number of alkyl halides is 3. The van der Waals surface area contributed by atoms with Crippen LogP contribution in [0.15, 0.2) is 36.4 Å². The quantitative estimate of drug-likeness (QED) is 0.823. The van der Waals surface area contributed by atoms with Gasteiger partial charge < -0.3 is 10.5 Å². The summed E-state index contributed by atoms with van der Waals surface area (Å²) in [5.74, 6) is -0.256. The fraction of sp³-hybridized carbons (Fsp3) is 0.333. The highest BCUT2D eigenvalue weighted by molar-refractivity contribution is 5.36. The molecule has 0 saturated carbocycles. The Balaban J connectivity index is 2.95. The van der Waals surface area contributed by atoms with Crippen LogP contribution >= 0.6 is 0 Å². The first-order valence-electron chi connectivity index (χ1n) is 5.04. The molecule has 0 spiro atoms. The van der Waals surface area contributed by atoms with Crippen LogP contribution in [0.5, 0.6) is 5.75 Å². The maximum absolute atomic E-state index is 12.2. The third-order valence-electron chi connectivity index (χ3n) is 2.11. The van der Waals surface area contributed by atoms with Gasteiger partial charge in [0.2, 0.25) is 0 Å². The number of hydrogen-bond acceptors (Lipinski definition) is 2. The van der Waals surface area contributed by atoms with E-state index in [1.54, 1.807) is 13.0 Å². The van der Waals surface area contributed by atoms with Gasteiger partial charge in [0.1, 0.15) is 5.75 Å². The number of hydrogen-bond donors (Lipinski definition) is 1. The maximum Gasteiger partial charge on any atom is 0.573 e. The van der Waals surface area contributed by atoms with E-state index < -0.39 is 12.4 Å². The van der Waals surface area contributed by atoms with E-state index in [0.717, 1.165) is 5.57 Å². The smallest absolute Gasteiger partial charge is 0.405 e. The number of benzene rings is 1. The van der Waals surface area contributed by atoms with Crippen molar-refractivity contribution in [3.05, 3.63) is 42.0 Å². The highest BCUT2D eigenvalue weighted by atomic mass is 19.4. The lowest BCUT2D eigenvalue weighted by atomic mass is 10.0. The molecule has 17 heavy (non-hydrogen) atoms. The molecule has 1 aromatic rings. The molecule has 0 amide bonds. The minimum absolute atomic E-state index is 0.256. The van der Waals surface area contributed by atoms with Crippen molar-refractivity contribution < 1.29 is 17.9 Å². The summed E-state index contributed by atoms with van der Waals surface area (Å²) in [5, 5.41) is 0. The number of ether oxygens (including phenoxy) is 1. The Hall–Kier alpha value is -1.49. The van der Waals surface area contributed by atoms with E-state index in [1.165, 1.54) is 18.2 Å². The Kier molecular flexibility index (Phi) is 4.17. The molecule has 1 atom stereocenters. The average molecular weight is 245 g/mol. The van der Waals surface area contributed by atoms with Crippen LogP contribution in [0.25, 0.3) is 0 Å². The fourth-order valence-corrected chi connectivity index (χ4v) is 1.49. The monoisotopic (exact) mass is 245 g/mol. The Morgan fingerprint density at radius 1 is 1.41 bits per heavy atom. The minimum atomic E-state index is -4.71. The molecule has 2 N–H and O–H groups in total. The standard InChI is InChI=1S/C12H14F3NO/c1-8(2)7-10(16)9-5-3-4-6-11(9)17-12(13,14)15/h3-6,10H,1,7,16H2,2H3/t10-/m0/s1. The van der Waals surface area contributed by atoms with E-state index in [4.69, 9.17) is 5.73 Å². The molecule has 0 saturated heterocycles. The highest BCUT2D eigenvalue weighted by Gasteiger charge is 2.32. The lowest BCUT2D eigenvalue weighted by Crippen LogP contribution is -2.20. The van der Waals surface area contributed by atoms with Gasteiger partial charge in [-0.05, 0) is 19.4 Å². The van der Waals surface area contributed by atoms with Crippen LogP contribution in [-0.2, 0) is 0 Å². The van der Waals surface area contributed by atoms with Gasteiger partial charge in [0, 0.05) is 11.6 Å². The number of rotatable bonds is 4. The summed E-state index contributed by atoms with van der Waals surface area (Å²) < 4.78 is 40.4. The fourth-order valence-electron chi connectivity index (χ4n) is 1.49. The first-order valence-corrected chi connectivity index (χ1v) is 5.04. The third-order valence-corrected chi connectivity index (χ3v) is 2.11. The Labute approximate surface area is 97.9 Å². The zero-order valence-corrected chi connectivity index (χ0v) is 9.42. The predicted octanol–water partition coefficient (Wildman–Crippen LogP) is 3.55. The van der Waals surface area contributed by atoms with Crippen molar-refractivity contribution in [1.82, 2.24) is 0 Å². The molecule has 1 aromatic carbocycles. The molecule has 0 radical (unpaired) electrons. The van der Waals surface area contributed by atoms with Gasteiger partial charge >= 0.3 is 6.36 Å². The molecule has 0 fully saturated rings. The molecular weight excluding hydrogens is 231 g/mol. The molecular formula is C12H14F3NO. The zero-order valence-electron chi connectivity index (χ0n) is 9.42. The van der Waals surface area contributed by atoms with E-state index in [0.29, 0.717) is 12.0 Å². The van der Waals surface area contributed by atoms with Crippen molar-refractivity contribution in [1.29, 1.82) is 0 Å². The molecule has 0 aliphatic heterocycles. The second kappa shape index (κ2) is 5.23. The van der Waals surface area contributed by atoms with Crippen molar-refractivity contribution in [2.24, 2.45) is 5.73 Å². The van der Waals surface area contributed by atoms with Gasteiger partial charge in [-0.3, -0.25) is 0 Å². The Morgan fingerprint density at radius 3 is 2.53 bits per heavy atom. The van der Waals surface area contributed by atoms with Crippen LogP contribution in [0, 0.1) is 0 Å². The summed E-state index contributed by atoms with van der Waals surface area (Å²) in [6.45, 7) is 5.45. The van der Waals surface area contributed by atoms with E-state index >= 15 is 0 Å². The van der Waals surface area contributed by atoms with E-state index in [9.17, 15) is 13.2 Å². The van der Waals surface area contributed by atoms with Gasteiger partial charge in [-0.25, -0.2) is 0 Å². The second-order valence-corrected chi connectivity index (χ2v) is 3.85. The first kappa shape index (κ1) is 13.6. The summed E-state index contributed by atoms with van der Waals surface area (Å²) >= 11 is 0. The van der Waals surface area contributed by atoms with Gasteiger partial charge in [-0.2, -0.15) is 0 Å². The zero-order chi connectivity index (χ0) is 13.1. The molecule has 0 unspecified atom stereocenters. The predicted molar refractivity (Wildman–Crippen MR) is 59.5 cm³/mol. The third kappa shape index (κ3) is 4.48. The normalized spacial score (nSPS) is 13.2. The lowest BCUT2D eigenvalue weighted by molar-refractivity contribution is -0.275.